The lowest BCUT2D eigenvalue weighted by molar-refractivity contribution is -0.138. The van der Waals surface area contributed by atoms with Gasteiger partial charge in [0.25, 0.3) is 0 Å². The molecule has 0 saturated heterocycles. The molecule has 2 saturated carbocycles. The van der Waals surface area contributed by atoms with Crippen molar-refractivity contribution in [1.29, 1.82) is 0 Å². The summed E-state index contributed by atoms with van der Waals surface area (Å²) in [5.74, 6) is -0.344. The van der Waals surface area contributed by atoms with Crippen molar-refractivity contribution in [2.45, 2.75) is 82.8 Å². The van der Waals surface area contributed by atoms with Gasteiger partial charge in [0.2, 0.25) is 0 Å². The van der Waals surface area contributed by atoms with E-state index in [0.29, 0.717) is 25.2 Å². The van der Waals surface area contributed by atoms with Crippen LogP contribution in [-0.4, -0.2) is 45.8 Å². The molecular formula is C18H30F2O4. The van der Waals surface area contributed by atoms with Crippen molar-refractivity contribution >= 4 is 5.97 Å². The zero-order valence-corrected chi connectivity index (χ0v) is 14.3. The van der Waals surface area contributed by atoms with Crippen molar-refractivity contribution in [3.8, 4) is 0 Å². The Morgan fingerprint density at radius 3 is 2.67 bits per heavy atom. The molecule has 0 aromatic carbocycles. The third-order valence-electron chi connectivity index (χ3n) is 6.02. The lowest BCUT2D eigenvalue weighted by atomic mass is 9.59. The molecular weight excluding hydrogens is 318 g/mol. The molecule has 140 valence electrons. The van der Waals surface area contributed by atoms with Gasteiger partial charge < -0.3 is 15.3 Å². The van der Waals surface area contributed by atoms with Crippen molar-refractivity contribution in [2.24, 2.45) is 23.7 Å². The fourth-order valence-corrected chi connectivity index (χ4v) is 4.88. The lowest BCUT2D eigenvalue weighted by Crippen LogP contribution is -2.46. The quantitative estimate of drug-likeness (QED) is 0.661. The predicted molar refractivity (Wildman–Crippen MR) is 86.0 cm³/mol. The minimum Gasteiger partial charge on any atom is -0.481 e. The summed E-state index contributed by atoms with van der Waals surface area (Å²) in [6, 6.07) is 0. The second-order valence-electron chi connectivity index (χ2n) is 7.85. The third-order valence-corrected chi connectivity index (χ3v) is 6.02. The number of aliphatic carboxylic acids is 1. The number of carboxylic acids is 1. The highest BCUT2D eigenvalue weighted by Crippen LogP contribution is 2.48. The molecule has 0 heterocycles. The van der Waals surface area contributed by atoms with Crippen LogP contribution in [-0.2, 0) is 4.79 Å². The second kappa shape index (κ2) is 8.56. The third kappa shape index (κ3) is 5.12. The number of alkyl halides is 2. The molecule has 0 bridgehead atoms. The summed E-state index contributed by atoms with van der Waals surface area (Å²) in [7, 11) is 0. The summed E-state index contributed by atoms with van der Waals surface area (Å²) in [5, 5.41) is 28.9. The molecule has 0 aromatic rings. The monoisotopic (exact) mass is 348 g/mol. The number of fused-ring (bicyclic) bond motifs is 1. The van der Waals surface area contributed by atoms with Crippen LogP contribution in [0.15, 0.2) is 0 Å². The fraction of sp³-hybridized carbons (Fsp3) is 0.944. The Bertz CT molecular complexity index is 420. The van der Waals surface area contributed by atoms with Crippen LogP contribution in [0.4, 0.5) is 8.78 Å². The SMILES string of the molecule is C[C@H]1CCC2C[C@@H](F)C[C@H](O)C2[C@H]1CC[C@@H](O)C[C@H](F)CC(=O)O. The summed E-state index contributed by atoms with van der Waals surface area (Å²) in [5.41, 5.74) is 0. The van der Waals surface area contributed by atoms with E-state index >= 15 is 0 Å². The van der Waals surface area contributed by atoms with E-state index in [9.17, 15) is 23.8 Å². The maximum atomic E-state index is 13.7. The first-order chi connectivity index (χ1) is 11.3. The molecule has 0 radical (unpaired) electrons. The van der Waals surface area contributed by atoms with E-state index in [1.165, 1.54) is 0 Å². The highest BCUT2D eigenvalue weighted by molar-refractivity contribution is 5.67. The van der Waals surface area contributed by atoms with Crippen LogP contribution in [0.2, 0.25) is 0 Å². The molecule has 0 amide bonds. The van der Waals surface area contributed by atoms with Crippen LogP contribution in [0.5, 0.6) is 0 Å². The first kappa shape index (κ1) is 19.6. The van der Waals surface area contributed by atoms with Gasteiger partial charge in [-0.2, -0.15) is 0 Å². The second-order valence-corrected chi connectivity index (χ2v) is 7.85. The van der Waals surface area contributed by atoms with Crippen LogP contribution in [0, 0.1) is 23.7 Å². The number of rotatable bonds is 7. The van der Waals surface area contributed by atoms with Gasteiger partial charge in [-0.15, -0.1) is 0 Å². The minimum absolute atomic E-state index is 0.0631. The number of hydrogen-bond acceptors (Lipinski definition) is 3. The summed E-state index contributed by atoms with van der Waals surface area (Å²) < 4.78 is 27.2. The van der Waals surface area contributed by atoms with Gasteiger partial charge >= 0.3 is 5.97 Å². The highest BCUT2D eigenvalue weighted by atomic mass is 19.1. The van der Waals surface area contributed by atoms with E-state index in [1.807, 2.05) is 0 Å². The molecule has 2 fully saturated rings. The van der Waals surface area contributed by atoms with Crippen molar-refractivity contribution in [3.05, 3.63) is 0 Å². The van der Waals surface area contributed by atoms with E-state index < -0.39 is 36.9 Å². The van der Waals surface area contributed by atoms with Crippen LogP contribution in [0.1, 0.15) is 58.3 Å². The number of aliphatic hydroxyl groups is 2. The largest absolute Gasteiger partial charge is 0.481 e. The molecule has 2 rings (SSSR count). The Hall–Kier alpha value is -0.750. The Balaban J connectivity index is 1.88. The Morgan fingerprint density at radius 2 is 2.00 bits per heavy atom. The van der Waals surface area contributed by atoms with Gasteiger partial charge in [0, 0.05) is 12.8 Å². The molecule has 0 aliphatic heterocycles. The van der Waals surface area contributed by atoms with Crippen LogP contribution < -0.4 is 0 Å². The summed E-state index contributed by atoms with van der Waals surface area (Å²) in [6.07, 6.45) is -1.04. The highest BCUT2D eigenvalue weighted by Gasteiger charge is 2.45. The van der Waals surface area contributed by atoms with E-state index in [2.05, 4.69) is 6.92 Å². The molecule has 0 aromatic heterocycles. The Labute approximate surface area is 142 Å². The number of aliphatic hydroxyl groups excluding tert-OH is 2. The smallest absolute Gasteiger partial charge is 0.306 e. The molecule has 6 heteroatoms. The molecule has 4 nitrogen and oxygen atoms in total. The summed E-state index contributed by atoms with van der Waals surface area (Å²) >= 11 is 0. The molecule has 2 aliphatic carbocycles. The fourth-order valence-electron chi connectivity index (χ4n) is 4.88. The Morgan fingerprint density at radius 1 is 1.29 bits per heavy atom. The molecule has 2 aliphatic rings. The van der Waals surface area contributed by atoms with E-state index in [1.54, 1.807) is 0 Å². The van der Waals surface area contributed by atoms with Crippen LogP contribution >= 0.6 is 0 Å². The van der Waals surface area contributed by atoms with Gasteiger partial charge in [-0.05, 0) is 49.4 Å². The number of halogens is 2. The zero-order chi connectivity index (χ0) is 17.9. The topological polar surface area (TPSA) is 77.8 Å². The number of carbonyl (C=O) groups is 1. The molecule has 24 heavy (non-hydrogen) atoms. The van der Waals surface area contributed by atoms with Crippen LogP contribution in [0.3, 0.4) is 0 Å². The van der Waals surface area contributed by atoms with Gasteiger partial charge in [-0.1, -0.05) is 13.3 Å². The van der Waals surface area contributed by atoms with Crippen molar-refractivity contribution < 1.29 is 28.9 Å². The summed E-state index contributed by atoms with van der Waals surface area (Å²) in [6.45, 7) is 2.13. The summed E-state index contributed by atoms with van der Waals surface area (Å²) in [4.78, 5) is 10.5. The van der Waals surface area contributed by atoms with Gasteiger partial charge in [0.1, 0.15) is 12.3 Å². The zero-order valence-electron chi connectivity index (χ0n) is 14.3. The van der Waals surface area contributed by atoms with Gasteiger partial charge in [0.05, 0.1) is 18.6 Å². The first-order valence-corrected chi connectivity index (χ1v) is 9.14. The maximum absolute atomic E-state index is 13.7. The average molecular weight is 348 g/mol. The van der Waals surface area contributed by atoms with E-state index in [0.717, 1.165) is 12.8 Å². The lowest BCUT2D eigenvalue weighted by Gasteiger charge is -2.48. The molecule has 2 unspecified atom stereocenters. The minimum atomic E-state index is -1.54. The van der Waals surface area contributed by atoms with Crippen molar-refractivity contribution in [3.63, 3.8) is 0 Å². The molecule has 0 spiro atoms. The maximum Gasteiger partial charge on any atom is 0.306 e. The normalized spacial score (nSPS) is 39.0. The number of carboxylic acid groups (broad SMARTS) is 1. The Kier molecular flexibility index (Phi) is 6.99. The van der Waals surface area contributed by atoms with Crippen LogP contribution in [0.25, 0.3) is 0 Å². The standard InChI is InChI=1S/C18H30F2O4/c1-10-2-3-11-6-12(19)8-16(22)18(11)15(10)5-4-14(21)7-13(20)9-17(23)24/h10-16,18,21-22H,2-9H2,1H3,(H,23,24)/t10-,11?,12+,13-,14+,15-,16-,18?/m0/s1. The van der Waals surface area contributed by atoms with E-state index in [-0.39, 0.29) is 30.6 Å². The van der Waals surface area contributed by atoms with Gasteiger partial charge in [0.15, 0.2) is 0 Å². The number of hydrogen-bond donors (Lipinski definition) is 3. The first-order valence-electron chi connectivity index (χ1n) is 9.14. The molecule has 8 atom stereocenters. The average Bonchev–Trinajstić information content (AvgIpc) is 2.45. The van der Waals surface area contributed by atoms with Crippen molar-refractivity contribution in [1.82, 2.24) is 0 Å². The predicted octanol–water partition coefficient (Wildman–Crippen LogP) is 3.10. The van der Waals surface area contributed by atoms with Gasteiger partial charge in [-0.25, -0.2) is 8.78 Å². The molecule has 3 N–H and O–H groups in total. The van der Waals surface area contributed by atoms with Crippen molar-refractivity contribution in [2.75, 3.05) is 0 Å². The van der Waals surface area contributed by atoms with Gasteiger partial charge in [-0.3, -0.25) is 4.79 Å². The van der Waals surface area contributed by atoms with E-state index in [4.69, 9.17) is 5.11 Å².